The number of benzene rings is 2. The van der Waals surface area contributed by atoms with Crippen molar-refractivity contribution in [3.05, 3.63) is 94.4 Å². The fraction of sp³-hybridized carbons (Fsp3) is 0.367. The van der Waals surface area contributed by atoms with Crippen molar-refractivity contribution in [1.82, 2.24) is 14.4 Å². The molecule has 1 saturated heterocycles. The fourth-order valence-electron chi connectivity index (χ4n) is 4.90. The minimum atomic E-state index is -1.14. The Labute approximate surface area is 218 Å². The minimum absolute atomic E-state index is 0.0665. The summed E-state index contributed by atoms with van der Waals surface area (Å²) in [7, 11) is 3.34. The van der Waals surface area contributed by atoms with Crippen molar-refractivity contribution in [2.45, 2.75) is 44.2 Å². The number of aromatic nitrogens is 1. The van der Waals surface area contributed by atoms with Crippen molar-refractivity contribution in [2.24, 2.45) is 0 Å². The molecule has 0 bridgehead atoms. The third-order valence-corrected chi connectivity index (χ3v) is 7.21. The lowest BCUT2D eigenvalue weighted by atomic mass is 9.90. The predicted molar refractivity (Wildman–Crippen MR) is 144 cm³/mol. The van der Waals surface area contributed by atoms with Crippen LogP contribution in [0.25, 0.3) is 11.1 Å². The second-order valence-electron chi connectivity index (χ2n) is 10.3. The summed E-state index contributed by atoms with van der Waals surface area (Å²) in [5.74, 6) is -0.0296. The Morgan fingerprint density at radius 2 is 1.59 bits per heavy atom. The molecule has 0 radical (unpaired) electrons. The normalized spacial score (nSPS) is 15.7. The van der Waals surface area contributed by atoms with E-state index < -0.39 is 5.60 Å². The second-order valence-corrected chi connectivity index (χ2v) is 10.3. The highest BCUT2D eigenvalue weighted by Gasteiger charge is 2.35. The quantitative estimate of drug-likeness (QED) is 0.534. The molecule has 2 aromatic carbocycles. The van der Waals surface area contributed by atoms with Gasteiger partial charge in [0.05, 0.1) is 17.7 Å². The average Bonchev–Trinajstić information content (AvgIpc) is 2.90. The Bertz CT molecular complexity index is 1290. The van der Waals surface area contributed by atoms with Gasteiger partial charge < -0.3 is 19.5 Å². The fourth-order valence-corrected chi connectivity index (χ4v) is 4.90. The van der Waals surface area contributed by atoms with Gasteiger partial charge in [0.25, 0.3) is 11.5 Å². The molecule has 1 aliphatic heterocycles. The summed E-state index contributed by atoms with van der Waals surface area (Å²) >= 11 is 0. The van der Waals surface area contributed by atoms with E-state index in [-0.39, 0.29) is 29.8 Å². The van der Waals surface area contributed by atoms with E-state index in [4.69, 9.17) is 0 Å². The van der Waals surface area contributed by atoms with Crippen LogP contribution < -0.4 is 5.56 Å². The van der Waals surface area contributed by atoms with Gasteiger partial charge in [-0.15, -0.1) is 0 Å². The van der Waals surface area contributed by atoms with Crippen molar-refractivity contribution in [2.75, 3.05) is 27.2 Å². The standard InChI is InChI=1S/C30H35N3O4/c1-22(23-10-6-4-7-11-23)18-27(34)32-16-14-30(37,15-17-32)21-33-20-26(29(36)31(2)3)25(19-28(33)35)24-12-8-5-9-13-24/h4-13,19-20,22,37H,14-18,21H2,1-3H3/t22-/m1/s1. The maximum absolute atomic E-state index is 13.1. The van der Waals surface area contributed by atoms with Crippen molar-refractivity contribution in [3.63, 3.8) is 0 Å². The minimum Gasteiger partial charge on any atom is -0.388 e. The van der Waals surface area contributed by atoms with Crippen LogP contribution in [0.2, 0.25) is 0 Å². The van der Waals surface area contributed by atoms with Crippen molar-refractivity contribution < 1.29 is 14.7 Å². The van der Waals surface area contributed by atoms with Crippen LogP contribution in [0.1, 0.15) is 48.0 Å². The molecule has 1 N–H and O–H groups in total. The maximum Gasteiger partial charge on any atom is 0.255 e. The van der Waals surface area contributed by atoms with Crippen LogP contribution in [0.4, 0.5) is 0 Å². The van der Waals surface area contributed by atoms with Gasteiger partial charge in [-0.2, -0.15) is 0 Å². The van der Waals surface area contributed by atoms with E-state index in [1.54, 1.807) is 25.2 Å². The molecule has 1 atom stereocenters. The molecular formula is C30H35N3O4. The zero-order chi connectivity index (χ0) is 26.6. The predicted octanol–water partition coefficient (Wildman–Crippen LogP) is 3.76. The summed E-state index contributed by atoms with van der Waals surface area (Å²) in [6.07, 6.45) is 2.70. The highest BCUT2D eigenvalue weighted by Crippen LogP contribution is 2.28. The maximum atomic E-state index is 13.1. The van der Waals surface area contributed by atoms with Gasteiger partial charge in [0, 0.05) is 51.4 Å². The molecular weight excluding hydrogens is 466 g/mol. The number of rotatable bonds is 7. The van der Waals surface area contributed by atoms with E-state index in [9.17, 15) is 19.5 Å². The Morgan fingerprint density at radius 3 is 2.19 bits per heavy atom. The van der Waals surface area contributed by atoms with Crippen LogP contribution in [-0.2, 0) is 11.3 Å². The number of nitrogens with zero attached hydrogens (tertiary/aromatic N) is 3. The smallest absolute Gasteiger partial charge is 0.255 e. The van der Waals surface area contributed by atoms with Crippen LogP contribution in [0, 0.1) is 0 Å². The summed E-state index contributed by atoms with van der Waals surface area (Å²) in [6, 6.07) is 20.8. The summed E-state index contributed by atoms with van der Waals surface area (Å²) in [4.78, 5) is 42.2. The molecule has 1 aromatic heterocycles. The molecule has 2 amide bonds. The molecule has 1 fully saturated rings. The lowest BCUT2D eigenvalue weighted by Gasteiger charge is -2.39. The first-order chi connectivity index (χ1) is 17.7. The first-order valence-electron chi connectivity index (χ1n) is 12.7. The molecule has 7 heteroatoms. The SMILES string of the molecule is C[C@H](CC(=O)N1CCC(O)(Cn2cc(C(=O)N(C)C)c(-c3ccccc3)cc2=O)CC1)c1ccccc1. The molecule has 0 unspecified atom stereocenters. The molecule has 4 rings (SSSR count). The van der Waals surface area contributed by atoms with E-state index in [0.717, 1.165) is 11.1 Å². The van der Waals surface area contributed by atoms with Gasteiger partial charge in [0.1, 0.15) is 0 Å². The topological polar surface area (TPSA) is 82.8 Å². The number of likely N-dealkylation sites (tertiary alicyclic amines) is 1. The van der Waals surface area contributed by atoms with Crippen molar-refractivity contribution in [3.8, 4) is 11.1 Å². The number of carbonyl (C=O) groups is 2. The molecule has 0 spiro atoms. The molecule has 194 valence electrons. The van der Waals surface area contributed by atoms with Gasteiger partial charge in [0.15, 0.2) is 0 Å². The molecule has 1 aliphatic rings. The zero-order valence-electron chi connectivity index (χ0n) is 21.8. The van der Waals surface area contributed by atoms with E-state index in [2.05, 4.69) is 0 Å². The van der Waals surface area contributed by atoms with Crippen molar-refractivity contribution >= 4 is 11.8 Å². The van der Waals surface area contributed by atoms with E-state index >= 15 is 0 Å². The zero-order valence-corrected chi connectivity index (χ0v) is 21.8. The van der Waals surface area contributed by atoms with Crippen LogP contribution in [-0.4, -0.2) is 64.1 Å². The summed E-state index contributed by atoms with van der Waals surface area (Å²) in [6.45, 7) is 2.97. The molecule has 0 saturated carbocycles. The first kappa shape index (κ1) is 26.4. The number of hydrogen-bond donors (Lipinski definition) is 1. The lowest BCUT2D eigenvalue weighted by molar-refractivity contribution is -0.136. The van der Waals surface area contributed by atoms with E-state index in [1.807, 2.05) is 67.6 Å². The highest BCUT2D eigenvalue weighted by atomic mass is 16.3. The summed E-state index contributed by atoms with van der Waals surface area (Å²) in [5.41, 5.74) is 1.47. The van der Waals surface area contributed by atoms with Gasteiger partial charge in [-0.1, -0.05) is 67.6 Å². The highest BCUT2D eigenvalue weighted by molar-refractivity contribution is 6.00. The Hall–Kier alpha value is -3.71. The summed E-state index contributed by atoms with van der Waals surface area (Å²) < 4.78 is 1.43. The monoisotopic (exact) mass is 501 g/mol. The number of hydrogen-bond acceptors (Lipinski definition) is 4. The van der Waals surface area contributed by atoms with E-state index in [0.29, 0.717) is 43.5 Å². The van der Waals surface area contributed by atoms with Crippen molar-refractivity contribution in [1.29, 1.82) is 0 Å². The molecule has 37 heavy (non-hydrogen) atoms. The van der Waals surface area contributed by atoms with Crippen LogP contribution in [0.5, 0.6) is 0 Å². The second kappa shape index (κ2) is 11.1. The summed E-state index contributed by atoms with van der Waals surface area (Å²) in [5, 5.41) is 11.3. The lowest BCUT2D eigenvalue weighted by Crippen LogP contribution is -2.49. The van der Waals surface area contributed by atoms with Gasteiger partial charge in [0.2, 0.25) is 5.91 Å². The average molecular weight is 502 g/mol. The van der Waals surface area contributed by atoms with Gasteiger partial charge in [-0.3, -0.25) is 14.4 Å². The Morgan fingerprint density at radius 1 is 1.00 bits per heavy atom. The van der Waals surface area contributed by atoms with Crippen LogP contribution in [0.3, 0.4) is 0 Å². The van der Waals surface area contributed by atoms with Gasteiger partial charge >= 0.3 is 0 Å². The van der Waals surface area contributed by atoms with Crippen LogP contribution >= 0.6 is 0 Å². The first-order valence-corrected chi connectivity index (χ1v) is 12.7. The van der Waals surface area contributed by atoms with Gasteiger partial charge in [-0.25, -0.2) is 0 Å². The van der Waals surface area contributed by atoms with Crippen LogP contribution in [0.15, 0.2) is 77.7 Å². The molecule has 2 heterocycles. The number of pyridine rings is 1. The Kier molecular flexibility index (Phi) is 7.93. The number of aliphatic hydroxyl groups is 1. The molecule has 0 aliphatic carbocycles. The third kappa shape index (κ3) is 6.17. The van der Waals surface area contributed by atoms with E-state index in [1.165, 1.54) is 15.5 Å². The third-order valence-electron chi connectivity index (χ3n) is 7.21. The molecule has 3 aromatic rings. The number of carbonyl (C=O) groups excluding carboxylic acids is 2. The Balaban J connectivity index is 1.48. The number of amides is 2. The van der Waals surface area contributed by atoms with Gasteiger partial charge in [-0.05, 0) is 29.9 Å². The molecule has 7 nitrogen and oxygen atoms in total. The number of piperidine rings is 1. The largest absolute Gasteiger partial charge is 0.388 e.